The maximum absolute atomic E-state index is 11.3. The lowest BCUT2D eigenvalue weighted by molar-refractivity contribution is 0.952. The fraction of sp³-hybridized carbons (Fsp3) is 0.250. The van der Waals surface area contributed by atoms with Crippen LogP contribution in [0, 0.1) is 0 Å². The number of anilines is 1. The minimum Gasteiger partial charge on any atom is -0.377 e. The number of pyridine rings is 1. The molecule has 0 unspecified atom stereocenters. The van der Waals surface area contributed by atoms with Crippen LogP contribution in [0.3, 0.4) is 0 Å². The van der Waals surface area contributed by atoms with Gasteiger partial charge in [-0.1, -0.05) is 24.6 Å². The Hall–Kier alpha value is -1.88. The summed E-state index contributed by atoms with van der Waals surface area (Å²) in [6.45, 7) is 2.58. The van der Waals surface area contributed by atoms with E-state index in [1.165, 1.54) is 11.8 Å². The fourth-order valence-corrected chi connectivity index (χ4v) is 1.80. The molecule has 2 rings (SSSR count). The number of hydrogen-bond acceptors (Lipinski definition) is 4. The molecule has 2 aromatic rings. The Kier molecular flexibility index (Phi) is 3.94. The van der Waals surface area contributed by atoms with Crippen LogP contribution < -0.4 is 10.9 Å². The number of aromatic nitrogens is 3. The predicted octanol–water partition coefficient (Wildman–Crippen LogP) is 1.99. The van der Waals surface area contributed by atoms with Crippen LogP contribution in [0.4, 0.5) is 5.69 Å². The molecular formula is C12H13ClN4O. The van der Waals surface area contributed by atoms with E-state index in [2.05, 4.69) is 27.4 Å². The van der Waals surface area contributed by atoms with Gasteiger partial charge < -0.3 is 5.32 Å². The number of nitrogens with zero attached hydrogens (tertiary/aromatic N) is 2. The minimum atomic E-state index is -0.404. The molecule has 0 aliphatic rings. The van der Waals surface area contributed by atoms with Crippen molar-refractivity contribution in [3.05, 3.63) is 51.2 Å². The van der Waals surface area contributed by atoms with Crippen LogP contribution in [0.15, 0.2) is 29.3 Å². The van der Waals surface area contributed by atoms with Crippen molar-refractivity contribution in [3.63, 3.8) is 0 Å². The van der Waals surface area contributed by atoms with Crippen molar-refractivity contribution in [1.29, 1.82) is 0 Å². The van der Waals surface area contributed by atoms with E-state index < -0.39 is 5.56 Å². The van der Waals surface area contributed by atoms with E-state index in [0.29, 0.717) is 12.2 Å². The van der Waals surface area contributed by atoms with Crippen LogP contribution in [-0.4, -0.2) is 15.2 Å². The highest BCUT2D eigenvalue weighted by molar-refractivity contribution is 6.32. The van der Waals surface area contributed by atoms with E-state index in [1.807, 2.05) is 12.1 Å². The predicted molar refractivity (Wildman–Crippen MR) is 70.8 cm³/mol. The number of aryl methyl sites for hydroxylation is 1. The van der Waals surface area contributed by atoms with Crippen molar-refractivity contribution in [1.82, 2.24) is 15.2 Å². The zero-order chi connectivity index (χ0) is 13.0. The maximum atomic E-state index is 11.3. The number of halogens is 1. The average molecular weight is 265 g/mol. The van der Waals surface area contributed by atoms with Crippen LogP contribution >= 0.6 is 11.6 Å². The average Bonchev–Trinajstić information content (AvgIpc) is 2.41. The lowest BCUT2D eigenvalue weighted by Gasteiger charge is -2.09. The molecule has 0 atom stereocenters. The molecular weight excluding hydrogens is 252 g/mol. The van der Waals surface area contributed by atoms with E-state index in [-0.39, 0.29) is 5.02 Å². The van der Waals surface area contributed by atoms with Gasteiger partial charge in [0.1, 0.15) is 5.02 Å². The monoisotopic (exact) mass is 264 g/mol. The summed E-state index contributed by atoms with van der Waals surface area (Å²) < 4.78 is 0. The Labute approximate surface area is 109 Å². The number of aromatic amines is 1. The quantitative estimate of drug-likeness (QED) is 0.886. The molecule has 0 saturated heterocycles. The Bertz CT molecular complexity index is 597. The number of hydrogen-bond donors (Lipinski definition) is 2. The standard InChI is InChI=1S/C12H13ClN4O/c1-2-8-4-3-5-14-9(8)6-15-10-7-16-17-12(18)11(10)13/h3-5,7H,2,6H2,1H3,(H2,15,17,18). The Morgan fingerprint density at radius 1 is 1.50 bits per heavy atom. The molecule has 2 N–H and O–H groups in total. The highest BCUT2D eigenvalue weighted by Gasteiger charge is 2.06. The van der Waals surface area contributed by atoms with Gasteiger partial charge >= 0.3 is 0 Å². The smallest absolute Gasteiger partial charge is 0.285 e. The second kappa shape index (κ2) is 5.64. The van der Waals surface area contributed by atoms with Crippen molar-refractivity contribution in [2.75, 3.05) is 5.32 Å². The maximum Gasteiger partial charge on any atom is 0.285 e. The summed E-state index contributed by atoms with van der Waals surface area (Å²) in [5.41, 5.74) is 2.21. The molecule has 2 heterocycles. The van der Waals surface area contributed by atoms with Gasteiger partial charge in [0.25, 0.3) is 5.56 Å². The van der Waals surface area contributed by atoms with Gasteiger partial charge in [0.2, 0.25) is 0 Å². The lowest BCUT2D eigenvalue weighted by Crippen LogP contribution is -2.12. The molecule has 0 bridgehead atoms. The van der Waals surface area contributed by atoms with Gasteiger partial charge in [0.05, 0.1) is 24.1 Å². The second-order valence-electron chi connectivity index (χ2n) is 3.74. The van der Waals surface area contributed by atoms with Gasteiger partial charge in [-0.25, -0.2) is 5.10 Å². The number of H-pyrrole nitrogens is 1. The van der Waals surface area contributed by atoms with Crippen LogP contribution in [0.1, 0.15) is 18.2 Å². The molecule has 94 valence electrons. The lowest BCUT2D eigenvalue weighted by atomic mass is 10.1. The topological polar surface area (TPSA) is 70.7 Å². The summed E-state index contributed by atoms with van der Waals surface area (Å²) in [6, 6.07) is 3.94. The van der Waals surface area contributed by atoms with Gasteiger partial charge in [-0.15, -0.1) is 0 Å². The van der Waals surface area contributed by atoms with Gasteiger partial charge in [-0.3, -0.25) is 9.78 Å². The zero-order valence-electron chi connectivity index (χ0n) is 9.90. The van der Waals surface area contributed by atoms with Gasteiger partial charge in [0, 0.05) is 6.20 Å². The van der Waals surface area contributed by atoms with E-state index >= 15 is 0 Å². The molecule has 0 spiro atoms. The Morgan fingerprint density at radius 2 is 2.33 bits per heavy atom. The fourth-order valence-electron chi connectivity index (χ4n) is 1.64. The van der Waals surface area contributed by atoms with Crippen molar-refractivity contribution in [2.45, 2.75) is 19.9 Å². The highest BCUT2D eigenvalue weighted by atomic mass is 35.5. The summed E-state index contributed by atoms with van der Waals surface area (Å²) in [4.78, 5) is 15.6. The largest absolute Gasteiger partial charge is 0.377 e. The SMILES string of the molecule is CCc1cccnc1CNc1cn[nH]c(=O)c1Cl. The highest BCUT2D eigenvalue weighted by Crippen LogP contribution is 2.16. The second-order valence-corrected chi connectivity index (χ2v) is 4.12. The van der Waals surface area contributed by atoms with Crippen molar-refractivity contribution < 1.29 is 0 Å². The molecule has 5 nitrogen and oxygen atoms in total. The minimum absolute atomic E-state index is 0.110. The van der Waals surface area contributed by atoms with Gasteiger partial charge in [-0.05, 0) is 18.1 Å². The summed E-state index contributed by atoms with van der Waals surface area (Å²) in [5, 5.41) is 9.14. The Morgan fingerprint density at radius 3 is 3.11 bits per heavy atom. The first-order chi connectivity index (χ1) is 8.72. The molecule has 0 fully saturated rings. The first-order valence-electron chi connectivity index (χ1n) is 5.62. The molecule has 18 heavy (non-hydrogen) atoms. The molecule has 0 aliphatic heterocycles. The third-order valence-electron chi connectivity index (χ3n) is 2.61. The summed E-state index contributed by atoms with van der Waals surface area (Å²) >= 11 is 5.87. The number of nitrogens with one attached hydrogen (secondary N) is 2. The van der Waals surface area contributed by atoms with Crippen molar-refractivity contribution in [2.24, 2.45) is 0 Å². The molecule has 0 aromatic carbocycles. The van der Waals surface area contributed by atoms with Crippen LogP contribution in [0.2, 0.25) is 5.02 Å². The molecule has 0 amide bonds. The van der Waals surface area contributed by atoms with Crippen LogP contribution in [0.5, 0.6) is 0 Å². The van der Waals surface area contributed by atoms with E-state index in [4.69, 9.17) is 11.6 Å². The van der Waals surface area contributed by atoms with Crippen molar-refractivity contribution >= 4 is 17.3 Å². The molecule has 0 saturated carbocycles. The van der Waals surface area contributed by atoms with Gasteiger partial charge in [-0.2, -0.15) is 5.10 Å². The third kappa shape index (κ3) is 2.68. The van der Waals surface area contributed by atoms with E-state index in [0.717, 1.165) is 12.1 Å². The summed E-state index contributed by atoms with van der Waals surface area (Å²) in [7, 11) is 0. The number of rotatable bonds is 4. The first-order valence-corrected chi connectivity index (χ1v) is 6.00. The molecule has 0 radical (unpaired) electrons. The van der Waals surface area contributed by atoms with E-state index in [9.17, 15) is 4.79 Å². The molecule has 6 heteroatoms. The zero-order valence-corrected chi connectivity index (χ0v) is 10.7. The third-order valence-corrected chi connectivity index (χ3v) is 2.98. The van der Waals surface area contributed by atoms with Crippen LogP contribution in [-0.2, 0) is 13.0 Å². The normalized spacial score (nSPS) is 10.3. The summed E-state index contributed by atoms with van der Waals surface area (Å²) in [6.07, 6.45) is 4.14. The summed E-state index contributed by atoms with van der Waals surface area (Å²) in [5.74, 6) is 0. The Balaban J connectivity index is 2.16. The molecule has 0 aliphatic carbocycles. The van der Waals surface area contributed by atoms with Gasteiger partial charge in [0.15, 0.2) is 0 Å². The van der Waals surface area contributed by atoms with E-state index in [1.54, 1.807) is 6.20 Å². The van der Waals surface area contributed by atoms with Crippen molar-refractivity contribution in [3.8, 4) is 0 Å². The van der Waals surface area contributed by atoms with Crippen LogP contribution in [0.25, 0.3) is 0 Å². The molecule has 2 aromatic heterocycles. The first kappa shape index (κ1) is 12.6.